The summed E-state index contributed by atoms with van der Waals surface area (Å²) in [5, 5.41) is 3.39. The molecule has 1 unspecified atom stereocenters. The fourth-order valence-electron chi connectivity index (χ4n) is 1.91. The molecule has 0 bridgehead atoms. The molecule has 2 aromatic carbocycles. The summed E-state index contributed by atoms with van der Waals surface area (Å²) in [4.78, 5) is 10.7. The van der Waals surface area contributed by atoms with Crippen LogP contribution in [0.15, 0.2) is 54.6 Å². The number of amides is 1. The summed E-state index contributed by atoms with van der Waals surface area (Å²) >= 11 is 0. The Balaban J connectivity index is 2.02. The fourth-order valence-corrected chi connectivity index (χ4v) is 1.91. The molecule has 0 heterocycles. The highest BCUT2D eigenvalue weighted by atomic mass is 16.5. The van der Waals surface area contributed by atoms with Gasteiger partial charge in [-0.3, -0.25) is 4.79 Å². The van der Waals surface area contributed by atoms with Crippen molar-refractivity contribution in [3.8, 4) is 5.75 Å². The maximum Gasteiger partial charge on any atom is 0.255 e. The summed E-state index contributed by atoms with van der Waals surface area (Å²) < 4.78 is 5.28. The highest BCUT2D eigenvalue weighted by molar-refractivity contribution is 5.75. The molecule has 4 heteroatoms. The first-order chi connectivity index (χ1) is 9.65. The van der Waals surface area contributed by atoms with Crippen molar-refractivity contribution in [3.63, 3.8) is 0 Å². The number of rotatable bonds is 6. The molecule has 1 atom stereocenters. The van der Waals surface area contributed by atoms with Gasteiger partial charge in [0, 0.05) is 17.8 Å². The molecule has 0 saturated carbocycles. The Kier molecular flexibility index (Phi) is 4.60. The van der Waals surface area contributed by atoms with Crippen LogP contribution in [0.4, 0.5) is 5.69 Å². The first kappa shape index (κ1) is 13.9. The van der Waals surface area contributed by atoms with E-state index in [0.29, 0.717) is 5.75 Å². The van der Waals surface area contributed by atoms with Gasteiger partial charge < -0.3 is 15.8 Å². The van der Waals surface area contributed by atoms with Crippen LogP contribution < -0.4 is 15.8 Å². The lowest BCUT2D eigenvalue weighted by Crippen LogP contribution is -2.20. The smallest absolute Gasteiger partial charge is 0.255 e. The van der Waals surface area contributed by atoms with E-state index in [4.69, 9.17) is 10.5 Å². The standard InChI is InChI=1S/C16H18N2O2/c1-12(13-6-3-2-4-7-13)18-14-8-5-9-15(10-14)20-11-16(17)19/h2-10,12,18H,11H2,1H3,(H2,17,19). The maximum absolute atomic E-state index is 10.7. The summed E-state index contributed by atoms with van der Waals surface area (Å²) in [5.41, 5.74) is 7.19. The van der Waals surface area contributed by atoms with E-state index >= 15 is 0 Å². The number of nitrogens with two attached hydrogens (primary N) is 1. The summed E-state index contributed by atoms with van der Waals surface area (Å²) in [6.07, 6.45) is 0. The van der Waals surface area contributed by atoms with Gasteiger partial charge in [0.15, 0.2) is 6.61 Å². The molecular weight excluding hydrogens is 252 g/mol. The summed E-state index contributed by atoms with van der Waals surface area (Å²) in [6, 6.07) is 17.8. The second-order valence-corrected chi connectivity index (χ2v) is 4.56. The predicted octanol–water partition coefficient (Wildman–Crippen LogP) is 2.72. The molecule has 0 aliphatic heterocycles. The number of benzene rings is 2. The molecule has 0 saturated heterocycles. The van der Waals surface area contributed by atoms with Crippen LogP contribution in [-0.2, 0) is 4.79 Å². The Labute approximate surface area is 118 Å². The predicted molar refractivity (Wildman–Crippen MR) is 79.6 cm³/mol. The Morgan fingerprint density at radius 1 is 1.20 bits per heavy atom. The third-order valence-corrected chi connectivity index (χ3v) is 2.90. The van der Waals surface area contributed by atoms with Gasteiger partial charge in [-0.05, 0) is 24.6 Å². The molecule has 4 nitrogen and oxygen atoms in total. The fraction of sp³-hybridized carbons (Fsp3) is 0.188. The zero-order valence-electron chi connectivity index (χ0n) is 11.4. The number of primary amides is 1. The van der Waals surface area contributed by atoms with Gasteiger partial charge in [0.1, 0.15) is 5.75 Å². The molecule has 0 aliphatic carbocycles. The van der Waals surface area contributed by atoms with Crippen molar-refractivity contribution in [3.05, 3.63) is 60.2 Å². The first-order valence-corrected chi connectivity index (χ1v) is 6.48. The third-order valence-electron chi connectivity index (χ3n) is 2.90. The van der Waals surface area contributed by atoms with Gasteiger partial charge in [0.05, 0.1) is 0 Å². The minimum atomic E-state index is -0.485. The van der Waals surface area contributed by atoms with Gasteiger partial charge in [-0.1, -0.05) is 36.4 Å². The van der Waals surface area contributed by atoms with Crippen LogP contribution >= 0.6 is 0 Å². The Hall–Kier alpha value is -2.49. The molecule has 0 fully saturated rings. The van der Waals surface area contributed by atoms with Crippen molar-refractivity contribution in [2.75, 3.05) is 11.9 Å². The third kappa shape index (κ3) is 4.02. The number of anilines is 1. The van der Waals surface area contributed by atoms with E-state index in [0.717, 1.165) is 5.69 Å². The van der Waals surface area contributed by atoms with Crippen LogP contribution in [0.2, 0.25) is 0 Å². The lowest BCUT2D eigenvalue weighted by Gasteiger charge is -2.16. The summed E-state index contributed by atoms with van der Waals surface area (Å²) in [5.74, 6) is 0.134. The van der Waals surface area contributed by atoms with E-state index in [1.54, 1.807) is 6.07 Å². The normalized spacial score (nSPS) is 11.7. The van der Waals surface area contributed by atoms with Gasteiger partial charge in [-0.15, -0.1) is 0 Å². The summed E-state index contributed by atoms with van der Waals surface area (Å²) in [7, 11) is 0. The van der Waals surface area contributed by atoms with Crippen molar-refractivity contribution in [2.45, 2.75) is 13.0 Å². The zero-order valence-corrected chi connectivity index (χ0v) is 11.4. The minimum absolute atomic E-state index is 0.113. The largest absolute Gasteiger partial charge is 0.484 e. The molecule has 0 spiro atoms. The number of carbonyl (C=O) groups excluding carboxylic acids is 1. The molecule has 3 N–H and O–H groups in total. The van der Waals surface area contributed by atoms with Gasteiger partial charge in [-0.2, -0.15) is 0 Å². The van der Waals surface area contributed by atoms with E-state index < -0.39 is 5.91 Å². The average molecular weight is 270 g/mol. The molecular formula is C16H18N2O2. The quantitative estimate of drug-likeness (QED) is 0.848. The van der Waals surface area contributed by atoms with Crippen molar-refractivity contribution in [2.24, 2.45) is 5.73 Å². The molecule has 0 radical (unpaired) electrons. The van der Waals surface area contributed by atoms with Gasteiger partial charge in [-0.25, -0.2) is 0 Å². The number of nitrogens with one attached hydrogen (secondary N) is 1. The lowest BCUT2D eigenvalue weighted by atomic mass is 10.1. The van der Waals surface area contributed by atoms with Gasteiger partial charge >= 0.3 is 0 Å². The van der Waals surface area contributed by atoms with E-state index in [9.17, 15) is 4.79 Å². The van der Waals surface area contributed by atoms with Crippen LogP contribution in [0.3, 0.4) is 0 Å². The monoisotopic (exact) mass is 270 g/mol. The molecule has 2 rings (SSSR count). The van der Waals surface area contributed by atoms with Gasteiger partial charge in [0.2, 0.25) is 0 Å². The van der Waals surface area contributed by atoms with E-state index in [1.165, 1.54) is 5.56 Å². The highest BCUT2D eigenvalue weighted by Crippen LogP contribution is 2.22. The van der Waals surface area contributed by atoms with Crippen molar-refractivity contribution in [1.82, 2.24) is 0 Å². The molecule has 2 aromatic rings. The van der Waals surface area contributed by atoms with Gasteiger partial charge in [0.25, 0.3) is 5.91 Å². The van der Waals surface area contributed by atoms with Crippen molar-refractivity contribution in [1.29, 1.82) is 0 Å². The Bertz CT molecular complexity index is 570. The number of carbonyl (C=O) groups is 1. The maximum atomic E-state index is 10.7. The Morgan fingerprint density at radius 3 is 2.65 bits per heavy atom. The number of hydrogen-bond donors (Lipinski definition) is 2. The number of hydrogen-bond acceptors (Lipinski definition) is 3. The minimum Gasteiger partial charge on any atom is -0.484 e. The average Bonchev–Trinajstić information content (AvgIpc) is 2.46. The summed E-state index contributed by atoms with van der Waals surface area (Å²) in [6.45, 7) is 1.98. The van der Waals surface area contributed by atoms with E-state index in [-0.39, 0.29) is 12.6 Å². The second-order valence-electron chi connectivity index (χ2n) is 4.56. The number of ether oxygens (including phenoxy) is 1. The van der Waals surface area contributed by atoms with E-state index in [1.807, 2.05) is 36.4 Å². The van der Waals surface area contributed by atoms with E-state index in [2.05, 4.69) is 24.4 Å². The van der Waals surface area contributed by atoms with Crippen LogP contribution in [-0.4, -0.2) is 12.5 Å². The molecule has 20 heavy (non-hydrogen) atoms. The zero-order chi connectivity index (χ0) is 14.4. The van der Waals surface area contributed by atoms with Crippen molar-refractivity contribution >= 4 is 11.6 Å². The first-order valence-electron chi connectivity index (χ1n) is 6.48. The highest BCUT2D eigenvalue weighted by Gasteiger charge is 2.05. The van der Waals surface area contributed by atoms with Crippen LogP contribution in [0.1, 0.15) is 18.5 Å². The second kappa shape index (κ2) is 6.61. The molecule has 104 valence electrons. The van der Waals surface area contributed by atoms with Crippen LogP contribution in [0.5, 0.6) is 5.75 Å². The SMILES string of the molecule is CC(Nc1cccc(OCC(N)=O)c1)c1ccccc1. The van der Waals surface area contributed by atoms with Crippen LogP contribution in [0.25, 0.3) is 0 Å². The topological polar surface area (TPSA) is 64.3 Å². The molecule has 0 aromatic heterocycles. The van der Waals surface area contributed by atoms with Crippen molar-refractivity contribution < 1.29 is 9.53 Å². The lowest BCUT2D eigenvalue weighted by molar-refractivity contribution is -0.119. The van der Waals surface area contributed by atoms with Crippen LogP contribution in [0, 0.1) is 0 Å². The molecule has 1 amide bonds. The molecule has 0 aliphatic rings. The Morgan fingerprint density at radius 2 is 1.95 bits per heavy atom.